The molecule has 1 atom stereocenters. The van der Waals surface area contributed by atoms with Crippen molar-refractivity contribution in [2.24, 2.45) is 10.7 Å². The van der Waals surface area contributed by atoms with E-state index in [1.807, 2.05) is 18.4 Å². The van der Waals surface area contributed by atoms with E-state index in [4.69, 9.17) is 11.5 Å². The second-order valence-electron chi connectivity index (χ2n) is 5.81. The SMILES string of the molecule is CN1C(=O)C[C@@](C)(c2cc(-c3cc(N)ccc3F)cs2)N=C1N. The first-order valence-electron chi connectivity index (χ1n) is 7.06. The van der Waals surface area contributed by atoms with E-state index in [2.05, 4.69) is 4.99 Å². The number of nitrogen functional groups attached to an aromatic ring is 1. The first-order chi connectivity index (χ1) is 10.8. The van der Waals surface area contributed by atoms with E-state index in [-0.39, 0.29) is 24.1 Å². The normalized spacial score (nSPS) is 21.4. The molecule has 1 aliphatic heterocycles. The predicted molar refractivity (Wildman–Crippen MR) is 90.5 cm³/mol. The van der Waals surface area contributed by atoms with Gasteiger partial charge in [-0.3, -0.25) is 9.69 Å². The molecule has 0 bridgehead atoms. The van der Waals surface area contributed by atoms with Gasteiger partial charge < -0.3 is 11.5 Å². The van der Waals surface area contributed by atoms with E-state index in [0.717, 1.165) is 10.4 Å². The topological polar surface area (TPSA) is 84.7 Å². The molecule has 1 aromatic heterocycles. The largest absolute Gasteiger partial charge is 0.399 e. The van der Waals surface area contributed by atoms with Crippen molar-refractivity contribution in [3.8, 4) is 11.1 Å². The number of nitrogens with two attached hydrogens (primary N) is 2. The lowest BCUT2D eigenvalue weighted by atomic mass is 9.93. The Hall–Kier alpha value is -2.41. The van der Waals surface area contributed by atoms with Gasteiger partial charge in [0.1, 0.15) is 11.4 Å². The third-order valence-electron chi connectivity index (χ3n) is 4.01. The molecular weight excluding hydrogens is 315 g/mol. The molecular formula is C16H17FN4OS. The van der Waals surface area contributed by atoms with Crippen molar-refractivity contribution in [1.82, 2.24) is 4.90 Å². The van der Waals surface area contributed by atoms with Crippen molar-refractivity contribution in [3.63, 3.8) is 0 Å². The molecule has 7 heteroatoms. The fourth-order valence-corrected chi connectivity index (χ4v) is 3.59. The van der Waals surface area contributed by atoms with Gasteiger partial charge in [-0.25, -0.2) is 9.38 Å². The van der Waals surface area contributed by atoms with Crippen LogP contribution in [0.4, 0.5) is 10.1 Å². The Kier molecular flexibility index (Phi) is 3.60. The highest BCUT2D eigenvalue weighted by Crippen LogP contribution is 2.39. The molecule has 0 saturated carbocycles. The van der Waals surface area contributed by atoms with E-state index in [1.54, 1.807) is 13.1 Å². The second-order valence-corrected chi connectivity index (χ2v) is 6.72. The Labute approximate surface area is 137 Å². The fourth-order valence-electron chi connectivity index (χ4n) is 2.57. The minimum absolute atomic E-state index is 0.0925. The third-order valence-corrected chi connectivity index (χ3v) is 5.19. The van der Waals surface area contributed by atoms with Crippen LogP contribution in [0.15, 0.2) is 34.6 Å². The number of aliphatic imine (C=N–C) groups is 1. The molecule has 5 nitrogen and oxygen atoms in total. The number of benzene rings is 1. The molecule has 3 rings (SSSR count). The Bertz CT molecular complexity index is 816. The zero-order valence-corrected chi connectivity index (χ0v) is 13.7. The van der Waals surface area contributed by atoms with Crippen LogP contribution in [-0.4, -0.2) is 23.8 Å². The van der Waals surface area contributed by atoms with Crippen LogP contribution in [0.3, 0.4) is 0 Å². The fraction of sp³-hybridized carbons (Fsp3) is 0.250. The van der Waals surface area contributed by atoms with Gasteiger partial charge in [-0.15, -0.1) is 11.3 Å². The molecule has 0 unspecified atom stereocenters. The molecule has 1 aromatic carbocycles. The maximum atomic E-state index is 14.0. The first-order valence-corrected chi connectivity index (χ1v) is 7.94. The van der Waals surface area contributed by atoms with Gasteiger partial charge in [-0.05, 0) is 42.1 Å². The number of rotatable bonds is 2. The van der Waals surface area contributed by atoms with Crippen LogP contribution in [0.2, 0.25) is 0 Å². The average Bonchev–Trinajstić information content (AvgIpc) is 2.98. The molecule has 4 N–H and O–H groups in total. The van der Waals surface area contributed by atoms with Crippen LogP contribution < -0.4 is 11.5 Å². The highest BCUT2D eigenvalue weighted by Gasteiger charge is 2.37. The predicted octanol–water partition coefficient (Wildman–Crippen LogP) is 2.53. The standard InChI is InChI=1S/C16H17FN4OS/c1-16(7-14(22)21(2)15(19)20-16)13-5-9(8-23-13)11-6-10(18)3-4-12(11)17/h3-6,8H,7,18H2,1-2H3,(H2,19,20)/t16-/m0/s1. The van der Waals surface area contributed by atoms with E-state index >= 15 is 0 Å². The molecule has 23 heavy (non-hydrogen) atoms. The van der Waals surface area contributed by atoms with Crippen molar-refractivity contribution in [2.45, 2.75) is 18.9 Å². The van der Waals surface area contributed by atoms with Gasteiger partial charge in [0.15, 0.2) is 5.96 Å². The molecule has 0 aliphatic carbocycles. The Balaban J connectivity index is 2.02. The minimum atomic E-state index is -0.729. The van der Waals surface area contributed by atoms with Gasteiger partial charge in [-0.2, -0.15) is 0 Å². The van der Waals surface area contributed by atoms with Crippen LogP contribution in [-0.2, 0) is 10.3 Å². The van der Waals surface area contributed by atoms with Gasteiger partial charge >= 0.3 is 0 Å². The Morgan fingerprint density at radius 2 is 2.09 bits per heavy atom. The molecule has 1 amide bonds. The van der Waals surface area contributed by atoms with Gasteiger partial charge in [0.25, 0.3) is 0 Å². The Morgan fingerprint density at radius 1 is 1.35 bits per heavy atom. The summed E-state index contributed by atoms with van der Waals surface area (Å²) in [5.41, 5.74) is 12.5. The lowest BCUT2D eigenvalue weighted by Gasteiger charge is -2.32. The lowest BCUT2D eigenvalue weighted by molar-refractivity contribution is -0.128. The van der Waals surface area contributed by atoms with Gasteiger partial charge in [0.05, 0.1) is 6.42 Å². The zero-order valence-electron chi connectivity index (χ0n) is 12.8. The molecule has 2 heterocycles. The van der Waals surface area contributed by atoms with E-state index in [9.17, 15) is 9.18 Å². The summed E-state index contributed by atoms with van der Waals surface area (Å²) < 4.78 is 14.0. The number of anilines is 1. The van der Waals surface area contributed by atoms with Crippen LogP contribution >= 0.6 is 11.3 Å². The molecule has 2 aromatic rings. The molecule has 0 radical (unpaired) electrons. The summed E-state index contributed by atoms with van der Waals surface area (Å²) in [7, 11) is 1.60. The molecule has 0 fully saturated rings. The summed E-state index contributed by atoms with van der Waals surface area (Å²) in [5.74, 6) is -0.241. The van der Waals surface area contributed by atoms with Gasteiger partial charge in [-0.1, -0.05) is 0 Å². The number of nitrogens with zero attached hydrogens (tertiary/aromatic N) is 2. The number of amides is 1. The third kappa shape index (κ3) is 2.68. The van der Waals surface area contributed by atoms with Crippen molar-refractivity contribution in [2.75, 3.05) is 12.8 Å². The van der Waals surface area contributed by atoms with Crippen LogP contribution in [0.25, 0.3) is 11.1 Å². The number of carbonyl (C=O) groups is 1. The van der Waals surface area contributed by atoms with Crippen LogP contribution in [0.1, 0.15) is 18.2 Å². The second kappa shape index (κ2) is 5.34. The summed E-state index contributed by atoms with van der Waals surface area (Å²) in [6.07, 6.45) is 0.226. The van der Waals surface area contributed by atoms with Crippen LogP contribution in [0.5, 0.6) is 0 Å². The summed E-state index contributed by atoms with van der Waals surface area (Å²) in [6, 6.07) is 6.31. The van der Waals surface area contributed by atoms with E-state index in [0.29, 0.717) is 11.3 Å². The van der Waals surface area contributed by atoms with Crippen molar-refractivity contribution in [3.05, 3.63) is 40.3 Å². The maximum absolute atomic E-state index is 14.0. The monoisotopic (exact) mass is 332 g/mol. The highest BCUT2D eigenvalue weighted by atomic mass is 32.1. The minimum Gasteiger partial charge on any atom is -0.399 e. The van der Waals surface area contributed by atoms with Gasteiger partial charge in [0, 0.05) is 23.2 Å². The summed E-state index contributed by atoms with van der Waals surface area (Å²) in [6.45, 7) is 1.86. The maximum Gasteiger partial charge on any atom is 0.231 e. The number of carbonyl (C=O) groups excluding carboxylic acids is 1. The van der Waals surface area contributed by atoms with Crippen molar-refractivity contribution >= 4 is 28.9 Å². The molecule has 0 spiro atoms. The number of hydrogen-bond acceptors (Lipinski definition) is 5. The highest BCUT2D eigenvalue weighted by molar-refractivity contribution is 7.10. The molecule has 1 aliphatic rings. The number of guanidine groups is 1. The number of thiophene rings is 1. The molecule has 0 saturated heterocycles. The van der Waals surface area contributed by atoms with E-state index in [1.165, 1.54) is 28.4 Å². The summed E-state index contributed by atoms with van der Waals surface area (Å²) >= 11 is 1.43. The van der Waals surface area contributed by atoms with E-state index < -0.39 is 5.54 Å². The smallest absolute Gasteiger partial charge is 0.231 e. The average molecular weight is 332 g/mol. The van der Waals surface area contributed by atoms with Crippen molar-refractivity contribution < 1.29 is 9.18 Å². The van der Waals surface area contributed by atoms with Gasteiger partial charge in [0.2, 0.25) is 5.91 Å². The summed E-state index contributed by atoms with van der Waals surface area (Å²) in [4.78, 5) is 18.7. The Morgan fingerprint density at radius 3 is 2.78 bits per heavy atom. The van der Waals surface area contributed by atoms with Crippen molar-refractivity contribution in [1.29, 1.82) is 0 Å². The quantitative estimate of drug-likeness (QED) is 0.829. The lowest BCUT2D eigenvalue weighted by Crippen LogP contribution is -2.47. The summed E-state index contributed by atoms with van der Waals surface area (Å²) in [5, 5.41) is 1.84. The molecule has 120 valence electrons. The number of halogens is 1. The number of hydrogen-bond donors (Lipinski definition) is 2. The van der Waals surface area contributed by atoms with Crippen LogP contribution in [0, 0.1) is 5.82 Å². The zero-order chi connectivity index (χ0) is 16.8. The first kappa shape index (κ1) is 15.5.